The van der Waals surface area contributed by atoms with Crippen LogP contribution in [0.2, 0.25) is 0 Å². The molecule has 0 amide bonds. The van der Waals surface area contributed by atoms with Crippen LogP contribution in [0.15, 0.2) is 53.5 Å². The Bertz CT molecular complexity index is 702. The van der Waals surface area contributed by atoms with Gasteiger partial charge in [0.2, 0.25) is 6.23 Å². The van der Waals surface area contributed by atoms with Crippen molar-refractivity contribution in [3.05, 3.63) is 71.0 Å². The van der Waals surface area contributed by atoms with Gasteiger partial charge in [-0.05, 0) is 17.7 Å². The monoisotopic (exact) mass is 322 g/mol. The summed E-state index contributed by atoms with van der Waals surface area (Å²) in [5, 5.41) is 9.94. The predicted molar refractivity (Wildman–Crippen MR) is 77.1 cm³/mol. The first-order valence-corrected chi connectivity index (χ1v) is 6.83. The van der Waals surface area contributed by atoms with Crippen LogP contribution in [0.5, 0.6) is 0 Å². The van der Waals surface area contributed by atoms with E-state index in [0.29, 0.717) is 5.56 Å². The van der Waals surface area contributed by atoms with Crippen LogP contribution in [0.1, 0.15) is 29.0 Å². The molecule has 2 N–H and O–H groups in total. The van der Waals surface area contributed by atoms with E-state index in [1.807, 2.05) is 0 Å². The number of nitrogens with zero attached hydrogens (tertiary/aromatic N) is 1. The molecule has 120 valence electrons. The number of hydrogen-bond donors (Lipinski definition) is 2. The quantitative estimate of drug-likeness (QED) is 0.909. The summed E-state index contributed by atoms with van der Waals surface area (Å²) in [5.74, 6) is -4.08. The minimum atomic E-state index is -3.52. The molecule has 2 aromatic rings. The lowest BCUT2D eigenvalue weighted by molar-refractivity contribution is -0.117. The fourth-order valence-electron chi connectivity index (χ4n) is 2.26. The van der Waals surface area contributed by atoms with Gasteiger partial charge < -0.3 is 5.11 Å². The molecule has 0 aliphatic carbocycles. The van der Waals surface area contributed by atoms with Gasteiger partial charge in [-0.25, -0.2) is 14.2 Å². The number of nitrogens with one attached hydrogen (secondary N) is 1. The van der Waals surface area contributed by atoms with Gasteiger partial charge in [-0.1, -0.05) is 36.4 Å². The van der Waals surface area contributed by atoms with Crippen LogP contribution in [0.25, 0.3) is 0 Å². The summed E-state index contributed by atoms with van der Waals surface area (Å²) in [6.07, 6.45) is -1.29. The van der Waals surface area contributed by atoms with Crippen molar-refractivity contribution in [2.45, 2.75) is 18.3 Å². The van der Waals surface area contributed by atoms with E-state index in [-0.39, 0.29) is 11.1 Å². The fourth-order valence-corrected chi connectivity index (χ4v) is 2.26. The Balaban J connectivity index is 1.83. The molecule has 1 heterocycles. The Morgan fingerprint density at radius 3 is 2.30 bits per heavy atom. The smallest absolute Gasteiger partial charge is 0.302 e. The van der Waals surface area contributed by atoms with Crippen LogP contribution < -0.4 is 5.48 Å². The number of alkyl halides is 2. The number of hydroxylamine groups is 1. The molecule has 0 saturated heterocycles. The maximum Gasteiger partial charge on any atom is 0.302 e. The summed E-state index contributed by atoms with van der Waals surface area (Å²) < 4.78 is 41.7. The Morgan fingerprint density at radius 1 is 1.09 bits per heavy atom. The molecule has 23 heavy (non-hydrogen) atoms. The van der Waals surface area contributed by atoms with Crippen LogP contribution in [-0.4, -0.2) is 11.4 Å². The van der Waals surface area contributed by atoms with Gasteiger partial charge in [0.1, 0.15) is 18.3 Å². The van der Waals surface area contributed by atoms with Gasteiger partial charge in [-0.3, -0.25) is 5.48 Å². The molecule has 0 aromatic heterocycles. The standard InChI is InChI=1S/C16H13F3N2O2/c17-13-7-3-10(4-8-13)14(22)16(18,19)12-5-1-11(2-6-12)15-20-9-21-23-15/h1-9,14-15,22H,(H,20,21). The molecule has 7 heteroatoms. The maximum absolute atomic E-state index is 14.4. The number of halogens is 3. The lowest BCUT2D eigenvalue weighted by atomic mass is 9.96. The van der Waals surface area contributed by atoms with Crippen molar-refractivity contribution in [3.8, 4) is 0 Å². The van der Waals surface area contributed by atoms with Crippen molar-refractivity contribution in [3.63, 3.8) is 0 Å². The van der Waals surface area contributed by atoms with Crippen LogP contribution in [-0.2, 0) is 10.8 Å². The van der Waals surface area contributed by atoms with Crippen molar-refractivity contribution in [2.75, 3.05) is 0 Å². The zero-order valence-electron chi connectivity index (χ0n) is 11.8. The van der Waals surface area contributed by atoms with E-state index in [1.54, 1.807) is 0 Å². The zero-order chi connectivity index (χ0) is 16.4. The second-order valence-corrected chi connectivity index (χ2v) is 5.07. The lowest BCUT2D eigenvalue weighted by Crippen LogP contribution is -2.24. The first kappa shape index (κ1) is 15.5. The summed E-state index contributed by atoms with van der Waals surface area (Å²) >= 11 is 0. The Hall–Kier alpha value is -2.38. The molecule has 0 spiro atoms. The molecule has 3 rings (SSSR count). The molecule has 2 unspecified atom stereocenters. The van der Waals surface area contributed by atoms with E-state index in [4.69, 9.17) is 4.84 Å². The van der Waals surface area contributed by atoms with E-state index in [1.165, 1.54) is 30.6 Å². The number of benzene rings is 2. The second-order valence-electron chi connectivity index (χ2n) is 5.07. The van der Waals surface area contributed by atoms with E-state index in [9.17, 15) is 18.3 Å². The third kappa shape index (κ3) is 3.06. The number of aliphatic imine (C=N–C) groups is 1. The average molecular weight is 322 g/mol. The van der Waals surface area contributed by atoms with E-state index < -0.39 is 24.1 Å². The van der Waals surface area contributed by atoms with Gasteiger partial charge >= 0.3 is 5.92 Å². The molecule has 1 aliphatic heterocycles. The molecule has 0 bridgehead atoms. The maximum atomic E-state index is 14.4. The van der Waals surface area contributed by atoms with Crippen molar-refractivity contribution in [1.29, 1.82) is 0 Å². The predicted octanol–water partition coefficient (Wildman–Crippen LogP) is 3.21. The minimum Gasteiger partial charge on any atom is -0.382 e. The number of rotatable bonds is 4. The van der Waals surface area contributed by atoms with Crippen LogP contribution in [0.3, 0.4) is 0 Å². The highest BCUT2D eigenvalue weighted by Gasteiger charge is 2.41. The van der Waals surface area contributed by atoms with Gasteiger partial charge in [0.05, 0.1) is 0 Å². The Labute approximate surface area is 130 Å². The fraction of sp³-hybridized carbons (Fsp3) is 0.188. The summed E-state index contributed by atoms with van der Waals surface area (Å²) in [5.41, 5.74) is 2.63. The van der Waals surface area contributed by atoms with Crippen molar-refractivity contribution < 1.29 is 23.1 Å². The van der Waals surface area contributed by atoms with E-state index in [0.717, 1.165) is 24.3 Å². The molecular formula is C16H13F3N2O2. The van der Waals surface area contributed by atoms with Gasteiger partial charge in [0, 0.05) is 11.1 Å². The molecule has 2 aromatic carbocycles. The molecule has 0 radical (unpaired) electrons. The van der Waals surface area contributed by atoms with Gasteiger partial charge in [0.15, 0.2) is 0 Å². The number of aliphatic hydroxyl groups excluding tert-OH is 1. The largest absolute Gasteiger partial charge is 0.382 e. The van der Waals surface area contributed by atoms with Crippen molar-refractivity contribution >= 4 is 6.34 Å². The lowest BCUT2D eigenvalue weighted by Gasteiger charge is -2.23. The number of hydrogen-bond acceptors (Lipinski definition) is 4. The summed E-state index contributed by atoms with van der Waals surface area (Å²) in [7, 11) is 0. The van der Waals surface area contributed by atoms with Crippen molar-refractivity contribution in [1.82, 2.24) is 5.48 Å². The second kappa shape index (κ2) is 6.02. The average Bonchev–Trinajstić information content (AvgIpc) is 3.09. The SMILES string of the molecule is OC(c1ccc(F)cc1)C(F)(F)c1ccc(C2N=CNO2)cc1. The third-order valence-corrected chi connectivity index (χ3v) is 3.55. The van der Waals surface area contributed by atoms with Crippen LogP contribution in [0.4, 0.5) is 13.2 Å². The first-order valence-electron chi connectivity index (χ1n) is 6.83. The van der Waals surface area contributed by atoms with Gasteiger partial charge in [-0.15, -0.1) is 0 Å². The topological polar surface area (TPSA) is 53.9 Å². The molecule has 0 saturated carbocycles. The zero-order valence-corrected chi connectivity index (χ0v) is 11.8. The van der Waals surface area contributed by atoms with Crippen LogP contribution >= 0.6 is 0 Å². The van der Waals surface area contributed by atoms with Crippen molar-refractivity contribution in [2.24, 2.45) is 4.99 Å². The van der Waals surface area contributed by atoms with Gasteiger partial charge in [0.25, 0.3) is 0 Å². The highest BCUT2D eigenvalue weighted by Crippen LogP contribution is 2.40. The normalized spacial score (nSPS) is 18.7. The highest BCUT2D eigenvalue weighted by molar-refractivity contribution is 5.54. The molecule has 0 fully saturated rings. The summed E-state index contributed by atoms with van der Waals surface area (Å²) in [4.78, 5) is 9.01. The Morgan fingerprint density at radius 2 is 1.74 bits per heavy atom. The summed E-state index contributed by atoms with van der Waals surface area (Å²) in [6.45, 7) is 0. The van der Waals surface area contributed by atoms with E-state index >= 15 is 0 Å². The molecule has 1 aliphatic rings. The number of aliphatic hydroxyl groups is 1. The van der Waals surface area contributed by atoms with E-state index in [2.05, 4.69) is 10.5 Å². The summed E-state index contributed by atoms with van der Waals surface area (Å²) in [6, 6.07) is 9.65. The van der Waals surface area contributed by atoms with Crippen LogP contribution in [0, 0.1) is 5.82 Å². The first-order chi connectivity index (χ1) is 11.0. The molecule has 4 nitrogen and oxygen atoms in total. The van der Waals surface area contributed by atoms with Gasteiger partial charge in [-0.2, -0.15) is 8.78 Å². The molecular weight excluding hydrogens is 309 g/mol. The Kier molecular flexibility index (Phi) is 4.06. The third-order valence-electron chi connectivity index (χ3n) is 3.55. The highest BCUT2D eigenvalue weighted by atomic mass is 19.3. The minimum absolute atomic E-state index is 0.0617. The molecule has 2 atom stereocenters.